The molecule has 8 fully saturated rings. The maximum Gasteiger partial charge on any atom is 0.334 e. The van der Waals surface area contributed by atoms with E-state index in [4.69, 9.17) is 19.4 Å². The highest BCUT2D eigenvalue weighted by Crippen LogP contribution is 2.24. The van der Waals surface area contributed by atoms with Gasteiger partial charge in [-0.15, -0.1) is 20.3 Å². The molecule has 8 saturated heterocycles. The summed E-state index contributed by atoms with van der Waals surface area (Å²) in [7, 11) is 0. The van der Waals surface area contributed by atoms with E-state index < -0.39 is 71.1 Å². The lowest BCUT2D eigenvalue weighted by Gasteiger charge is -2.27. The number of carbonyl (C=O) groups is 20. The van der Waals surface area contributed by atoms with E-state index in [9.17, 15) is 95.9 Å². The topological polar surface area (TPSA) is 500 Å². The Morgan fingerprint density at radius 1 is 0.268 bits per heavy atom. The first kappa shape index (κ1) is 92.6. The Hall–Kier alpha value is -9.96. The Balaban J connectivity index is 0.000000267. The monoisotopic (exact) mass is 1620 g/mol. The lowest BCUT2D eigenvalue weighted by atomic mass is 10.4. The summed E-state index contributed by atoms with van der Waals surface area (Å²) in [6, 6.07) is 0.616. The molecular formula is C72H112N16O24. The van der Waals surface area contributed by atoms with E-state index in [-0.39, 0.29) is 227 Å². The predicted octanol–water partition coefficient (Wildman–Crippen LogP) is -2.08. The van der Waals surface area contributed by atoms with Gasteiger partial charge in [-0.1, -0.05) is 0 Å². The van der Waals surface area contributed by atoms with E-state index in [1.807, 2.05) is 0 Å². The standard InChI is InChI=1S/4C18H28N4O6/c4*1-12(2)21-11-3-4-13(21)18(27)20-9-7-14(23)19-10-8-17(26)28-22-15(24)5-6-16(22)25/h4*12-13H,3-11H2,1-2H3,(H,19,23)(H,20,27)/i1+1,2+1,3+1,4+1,11+1,13+1,17+1,19+1,20+1;1+1,2+1,3+1,4+1,11+1,13+1,14+1,19+1,21+1;1+1,2+1,3+1,4+1,11+1,12+1,13+1,20+1,21+1;1+1,2+1,3+1,4+1,11+1,12+1,13+1,19+1,20+1. The number of carbonyl (C=O) groups excluding carboxylic acids is 20. The number of amides is 16. The predicted molar refractivity (Wildman–Crippen MR) is 389 cm³/mol. The van der Waals surface area contributed by atoms with E-state index in [0.29, 0.717) is 44.4 Å². The lowest BCUT2D eigenvalue weighted by Crippen LogP contribution is -2.46. The number of rotatable bonds is 36. The second-order valence-corrected chi connectivity index (χ2v) is 28.7. The van der Waals surface area contributed by atoms with Gasteiger partial charge in [0.1, 0.15) is 0 Å². The number of likely N-dealkylation sites (tertiary alicyclic amines) is 4. The first-order chi connectivity index (χ1) is 53.2. The van der Waals surface area contributed by atoms with Crippen molar-refractivity contribution in [1.29, 1.82) is 0 Å². The van der Waals surface area contributed by atoms with Gasteiger partial charge in [-0.05, 0) is 133 Å². The van der Waals surface area contributed by atoms with Gasteiger partial charge in [0.25, 0.3) is 47.3 Å². The summed E-state index contributed by atoms with van der Waals surface area (Å²) in [6.07, 6.45) is 7.20. The van der Waals surface area contributed by atoms with Crippen LogP contribution in [-0.2, 0) is 115 Å². The van der Waals surface area contributed by atoms with Gasteiger partial charge in [0.05, 0.1) is 49.9 Å². The molecule has 8 rings (SSSR count). The second-order valence-electron chi connectivity index (χ2n) is 28.7. The first-order valence-corrected chi connectivity index (χ1v) is 38.6. The molecule has 4 atom stereocenters. The molecule has 8 heterocycles. The molecule has 0 aromatic heterocycles. The third-order valence-corrected chi connectivity index (χ3v) is 19.0. The molecule has 8 aliphatic heterocycles. The Kier molecular flexibility index (Phi) is 39.2. The number of hydroxylamine groups is 8. The van der Waals surface area contributed by atoms with Crippen molar-refractivity contribution in [3.63, 3.8) is 0 Å². The molecule has 4 unspecified atom stereocenters. The fourth-order valence-corrected chi connectivity index (χ4v) is 13.2. The number of nitrogens with one attached hydrogen (secondary N) is 8. The maximum absolute atomic E-state index is 12.3. The van der Waals surface area contributed by atoms with Crippen molar-refractivity contribution in [2.45, 2.75) is 258 Å². The molecule has 112 heavy (non-hydrogen) atoms. The van der Waals surface area contributed by atoms with Gasteiger partial charge >= 0.3 is 23.9 Å². The van der Waals surface area contributed by atoms with Crippen LogP contribution >= 0.6 is 0 Å². The van der Waals surface area contributed by atoms with Gasteiger partial charge in [0.2, 0.25) is 47.3 Å². The quantitative estimate of drug-likeness (QED) is 0.0189. The van der Waals surface area contributed by atoms with Crippen LogP contribution in [0.2, 0.25) is 0 Å². The Morgan fingerprint density at radius 2 is 0.429 bits per heavy atom. The smallest absolute Gasteiger partial charge is 0.334 e. The van der Waals surface area contributed by atoms with Crippen LogP contribution in [0, 0.1) is 0 Å². The van der Waals surface area contributed by atoms with Gasteiger partial charge in [0, 0.05) is 154 Å². The highest BCUT2D eigenvalue weighted by Gasteiger charge is 2.39. The minimum Gasteiger partial charge on any atom is -0.355 e. The fourth-order valence-electron chi connectivity index (χ4n) is 13.2. The van der Waals surface area contributed by atoms with E-state index in [1.165, 1.54) is 0 Å². The van der Waals surface area contributed by atoms with Gasteiger partial charge in [-0.2, -0.15) is 0 Å². The zero-order valence-corrected chi connectivity index (χ0v) is 65.5. The number of hydrogen-bond acceptors (Lipinski definition) is 28. The van der Waals surface area contributed by atoms with Crippen molar-refractivity contribution in [3.05, 3.63) is 0 Å². The summed E-state index contributed by atoms with van der Waals surface area (Å²) in [5.41, 5.74) is 0. The molecule has 0 aliphatic carbocycles. The average molecular weight is 1620 g/mol. The van der Waals surface area contributed by atoms with E-state index >= 15 is 0 Å². The number of nitrogens with zero attached hydrogens (tertiary/aromatic N) is 8. The molecule has 8 aliphatic rings. The van der Waals surface area contributed by atoms with E-state index in [1.54, 1.807) is 0 Å². The third kappa shape index (κ3) is 31.0. The molecule has 624 valence electrons. The number of hydrogen-bond donors (Lipinski definition) is 8. The van der Waals surface area contributed by atoms with Crippen LogP contribution in [0.3, 0.4) is 0 Å². The maximum atomic E-state index is 12.3. The highest BCUT2D eigenvalue weighted by molar-refractivity contribution is 6.04. The molecule has 16 amide bonds. The second kappa shape index (κ2) is 47.4. The molecule has 0 aromatic rings. The Bertz CT molecular complexity index is 2910. The zero-order chi connectivity index (χ0) is 82.7. The normalized spacial score (nSPS) is 20.0. The van der Waals surface area contributed by atoms with Crippen LogP contribution in [0.15, 0.2) is 0 Å². The van der Waals surface area contributed by atoms with Crippen molar-refractivity contribution in [1.82, 2.24) is 82.4 Å². The van der Waals surface area contributed by atoms with Crippen molar-refractivity contribution in [3.8, 4) is 0 Å². The largest absolute Gasteiger partial charge is 0.355 e. The average Bonchev–Trinajstić information content (AvgIpc) is 1.59. The van der Waals surface area contributed by atoms with Gasteiger partial charge in [0.15, 0.2) is 0 Å². The lowest BCUT2D eigenvalue weighted by molar-refractivity contribution is -0.197. The molecule has 40 nitrogen and oxygen atoms in total. The van der Waals surface area contributed by atoms with Crippen molar-refractivity contribution < 1.29 is 115 Å². The molecule has 0 radical (unpaired) electrons. The summed E-state index contributed by atoms with van der Waals surface area (Å²) in [6.45, 7) is 21.0. The SMILES string of the molecule is [13CH3]C([13CH3])N1[13CH2][13CH2][13CH2][13CH]1C(=O)[15NH]CCC(=O)[15NH]CC[13C](=O)ON1C(=O)CCC1=O.[13CH3]C([13CH3])[15N]1[13CH2][13CH2][13CH2][13CH]1C(=O)NCC[13C](=O)[15NH]CCC(=O)ON1C(=O)CCC1=O.[13CH3][13CH]([13CH3])N1[13CH2][13CH2][13CH2][13CH]1C(=O)[15NH]CCC(=O)[15NH]CCC(=O)ON1C(=O)CCC1=O.[13CH3][13CH]([13CH3])[15N]1[13CH2][13CH2][13CH2][13CH]1C(=O)[15NH]CCC(=O)NCCC(=O)ON1C(=O)CCC1=O. The highest BCUT2D eigenvalue weighted by atomic mass is 16.8. The minimum absolute atomic E-state index is 0.0194. The van der Waals surface area contributed by atoms with Gasteiger partial charge < -0.3 is 61.9 Å². The molecule has 40 heteroatoms. The summed E-state index contributed by atoms with van der Waals surface area (Å²) in [5, 5.41) is 23.2. The minimum atomic E-state index is -0.771. The number of imide groups is 4. The molecule has 8 N–H and O–H groups in total. The van der Waals surface area contributed by atoms with Crippen LogP contribution in [0.25, 0.3) is 0 Å². The van der Waals surface area contributed by atoms with Crippen LogP contribution in [0.5, 0.6) is 0 Å². The molecule has 0 saturated carbocycles. The van der Waals surface area contributed by atoms with Crippen LogP contribution in [0.4, 0.5) is 0 Å². The van der Waals surface area contributed by atoms with Gasteiger partial charge in [-0.3, -0.25) is 96.3 Å². The van der Waals surface area contributed by atoms with E-state index in [2.05, 4.69) is 118 Å². The van der Waals surface area contributed by atoms with Crippen molar-refractivity contribution in [2.24, 2.45) is 0 Å². The molecule has 0 spiro atoms. The van der Waals surface area contributed by atoms with Crippen LogP contribution in [0.1, 0.15) is 209 Å². The Labute approximate surface area is 650 Å². The first-order valence-electron chi connectivity index (χ1n) is 38.6. The fraction of sp³-hybridized carbons (Fsp3) is 0.722. The summed E-state index contributed by atoms with van der Waals surface area (Å²) >= 11 is 0. The third-order valence-electron chi connectivity index (χ3n) is 19.0. The van der Waals surface area contributed by atoms with Gasteiger partial charge in [-0.25, -0.2) is 19.2 Å². The summed E-state index contributed by atoms with van der Waals surface area (Å²) < 4.78 is 0. The van der Waals surface area contributed by atoms with Crippen LogP contribution in [-0.4, -0.2) is 285 Å². The zero-order valence-electron chi connectivity index (χ0n) is 65.5. The molecular weight excluding hydrogens is 1510 g/mol. The Morgan fingerprint density at radius 3 is 0.589 bits per heavy atom. The van der Waals surface area contributed by atoms with Crippen molar-refractivity contribution >= 4 is 118 Å². The van der Waals surface area contributed by atoms with Crippen LogP contribution < -0.4 is 42.5 Å². The molecule has 0 aromatic carbocycles. The summed E-state index contributed by atoms with van der Waals surface area (Å²) in [5.74, 6) is -8.96. The van der Waals surface area contributed by atoms with E-state index in [0.717, 1.165) is 77.5 Å². The van der Waals surface area contributed by atoms with Crippen molar-refractivity contribution in [2.75, 3.05) is 78.5 Å². The molecule has 0 bridgehead atoms. The summed E-state index contributed by atoms with van der Waals surface area (Å²) in [4.78, 5) is 261.